The Kier molecular flexibility index (Phi) is 6.71. The van der Waals surface area contributed by atoms with Crippen molar-refractivity contribution in [3.05, 3.63) is 59.9 Å². The molecule has 3 aromatic rings. The number of halogens is 2. The van der Waals surface area contributed by atoms with Crippen molar-refractivity contribution in [2.24, 2.45) is 5.92 Å². The number of rotatable bonds is 8. The van der Waals surface area contributed by atoms with Gasteiger partial charge in [-0.1, -0.05) is 31.5 Å². The molecular weight excluding hydrogens is 426 g/mol. The van der Waals surface area contributed by atoms with Crippen molar-refractivity contribution in [3.63, 3.8) is 0 Å². The van der Waals surface area contributed by atoms with Gasteiger partial charge in [0.25, 0.3) is 0 Å². The fourth-order valence-corrected chi connectivity index (χ4v) is 4.30. The number of aromatic nitrogens is 2. The van der Waals surface area contributed by atoms with E-state index in [1.807, 2.05) is 20.8 Å². The second-order valence-electron chi connectivity index (χ2n) is 7.60. The van der Waals surface area contributed by atoms with E-state index in [1.165, 1.54) is 23.0 Å². The van der Waals surface area contributed by atoms with Crippen molar-refractivity contribution in [2.45, 2.75) is 31.7 Å². The highest BCUT2D eigenvalue weighted by Crippen LogP contribution is 2.25. The first kappa shape index (κ1) is 22.8. The molecule has 0 saturated heterocycles. The van der Waals surface area contributed by atoms with E-state index in [9.17, 15) is 22.0 Å². The van der Waals surface area contributed by atoms with E-state index in [2.05, 4.69) is 15.0 Å². The number of hydrogen-bond donors (Lipinski definition) is 2. The molecule has 0 radical (unpaired) electrons. The number of carbonyl (C=O) groups excluding carboxylic acids is 1. The minimum atomic E-state index is -3.69. The Morgan fingerprint density at radius 1 is 1.10 bits per heavy atom. The molecule has 1 aromatic heterocycles. The highest BCUT2D eigenvalue weighted by atomic mass is 32.2. The molecule has 1 unspecified atom stereocenters. The number of carbonyl (C=O) groups is 1. The lowest BCUT2D eigenvalue weighted by atomic mass is 10.0. The van der Waals surface area contributed by atoms with E-state index in [1.54, 1.807) is 12.1 Å². The molecule has 166 valence electrons. The number of nitrogens with zero attached hydrogens (tertiary/aromatic N) is 2. The zero-order valence-corrected chi connectivity index (χ0v) is 18.2. The maximum absolute atomic E-state index is 13.7. The Morgan fingerprint density at radius 2 is 1.74 bits per heavy atom. The van der Waals surface area contributed by atoms with Crippen LogP contribution >= 0.6 is 0 Å². The first-order chi connectivity index (χ1) is 14.6. The number of imidazole rings is 1. The van der Waals surface area contributed by atoms with E-state index in [4.69, 9.17) is 0 Å². The van der Waals surface area contributed by atoms with Crippen molar-refractivity contribution in [3.8, 4) is 0 Å². The molecule has 3 rings (SSSR count). The van der Waals surface area contributed by atoms with Crippen LogP contribution in [0.25, 0.3) is 11.0 Å². The lowest BCUT2D eigenvalue weighted by Crippen LogP contribution is -2.39. The van der Waals surface area contributed by atoms with Crippen LogP contribution in [0, 0.1) is 24.5 Å². The highest BCUT2D eigenvalue weighted by molar-refractivity contribution is 7.89. The molecule has 2 N–H and O–H groups in total. The number of sulfonamides is 1. The van der Waals surface area contributed by atoms with E-state index < -0.39 is 27.7 Å². The number of fused-ring (bicyclic) bond motifs is 1. The molecular formula is C21H24F2N4O3S. The van der Waals surface area contributed by atoms with Gasteiger partial charge in [0.15, 0.2) is 11.6 Å². The van der Waals surface area contributed by atoms with Crippen LogP contribution in [0.2, 0.25) is 0 Å². The summed E-state index contributed by atoms with van der Waals surface area (Å²) in [6, 6.07) is 7.69. The topological polar surface area (TPSA) is 93.1 Å². The standard InChI is InChI=1S/C21H24F2N4O3S/c1-13(2)20(27-12-25-18-10-16(22)17(23)11-19(18)27)21(28)24-8-9-26-31(29,30)15-6-4-14(3)5-7-15/h4-7,10-13,20,26H,8-9H2,1-3H3,(H,24,28). The second kappa shape index (κ2) is 9.11. The lowest BCUT2D eigenvalue weighted by Gasteiger charge is -2.22. The van der Waals surface area contributed by atoms with Crippen LogP contribution in [0.4, 0.5) is 8.78 Å². The SMILES string of the molecule is Cc1ccc(S(=O)(=O)NCCNC(=O)C(C(C)C)n2cnc3cc(F)c(F)cc32)cc1. The summed E-state index contributed by atoms with van der Waals surface area (Å²) in [5.41, 5.74) is 1.48. The second-order valence-corrected chi connectivity index (χ2v) is 9.36. The van der Waals surface area contributed by atoms with Crippen molar-refractivity contribution < 1.29 is 22.0 Å². The van der Waals surface area contributed by atoms with E-state index in [0.29, 0.717) is 5.52 Å². The fraction of sp³-hybridized carbons (Fsp3) is 0.333. The van der Waals surface area contributed by atoms with E-state index in [0.717, 1.165) is 17.7 Å². The monoisotopic (exact) mass is 450 g/mol. The average Bonchev–Trinajstić information content (AvgIpc) is 3.08. The zero-order chi connectivity index (χ0) is 22.8. The fourth-order valence-electron chi connectivity index (χ4n) is 3.27. The van der Waals surface area contributed by atoms with Gasteiger partial charge in [-0.2, -0.15) is 0 Å². The summed E-state index contributed by atoms with van der Waals surface area (Å²) in [6.07, 6.45) is 1.37. The van der Waals surface area contributed by atoms with Gasteiger partial charge in [0.1, 0.15) is 6.04 Å². The predicted octanol–water partition coefficient (Wildman–Crippen LogP) is 2.91. The molecule has 0 aliphatic carbocycles. The Bertz CT molecular complexity index is 1190. The number of amides is 1. The summed E-state index contributed by atoms with van der Waals surface area (Å²) < 4.78 is 55.8. The summed E-state index contributed by atoms with van der Waals surface area (Å²) in [6.45, 7) is 5.55. The number of hydrogen-bond acceptors (Lipinski definition) is 4. The Balaban J connectivity index is 1.67. The van der Waals surface area contributed by atoms with Gasteiger partial charge < -0.3 is 9.88 Å². The summed E-state index contributed by atoms with van der Waals surface area (Å²) in [7, 11) is -3.69. The van der Waals surface area contributed by atoms with Crippen molar-refractivity contribution in [1.29, 1.82) is 0 Å². The molecule has 31 heavy (non-hydrogen) atoms. The van der Waals surface area contributed by atoms with Crippen LogP contribution in [0.15, 0.2) is 47.6 Å². The molecule has 0 spiro atoms. The number of nitrogens with one attached hydrogen (secondary N) is 2. The Morgan fingerprint density at radius 3 is 2.39 bits per heavy atom. The zero-order valence-electron chi connectivity index (χ0n) is 17.4. The van der Waals surface area contributed by atoms with Crippen LogP contribution in [0.5, 0.6) is 0 Å². The number of benzene rings is 2. The van der Waals surface area contributed by atoms with E-state index in [-0.39, 0.29) is 35.3 Å². The third-order valence-electron chi connectivity index (χ3n) is 4.86. The van der Waals surface area contributed by atoms with Crippen LogP contribution in [0.3, 0.4) is 0 Å². The molecule has 0 aliphatic rings. The van der Waals surface area contributed by atoms with Crippen LogP contribution in [-0.4, -0.2) is 37.0 Å². The summed E-state index contributed by atoms with van der Waals surface area (Å²) in [5.74, 6) is -2.60. The van der Waals surface area contributed by atoms with E-state index >= 15 is 0 Å². The van der Waals surface area contributed by atoms with Gasteiger partial charge in [0.2, 0.25) is 15.9 Å². The summed E-state index contributed by atoms with van der Waals surface area (Å²) in [4.78, 5) is 17.0. The minimum absolute atomic E-state index is 0.00270. The van der Waals surface area contributed by atoms with Gasteiger partial charge in [-0.25, -0.2) is 26.9 Å². The molecule has 0 fully saturated rings. The maximum atomic E-state index is 13.7. The first-order valence-corrected chi connectivity index (χ1v) is 11.2. The van der Waals surface area contributed by atoms with Gasteiger partial charge in [0.05, 0.1) is 22.3 Å². The third-order valence-corrected chi connectivity index (χ3v) is 6.34. The van der Waals surface area contributed by atoms with Crippen LogP contribution in [0.1, 0.15) is 25.5 Å². The Hall–Kier alpha value is -2.85. The van der Waals surface area contributed by atoms with Crippen LogP contribution < -0.4 is 10.0 Å². The predicted molar refractivity (Wildman–Crippen MR) is 113 cm³/mol. The summed E-state index contributed by atoms with van der Waals surface area (Å²) in [5, 5.41) is 2.69. The molecule has 2 aromatic carbocycles. The minimum Gasteiger partial charge on any atom is -0.353 e. The largest absolute Gasteiger partial charge is 0.353 e. The lowest BCUT2D eigenvalue weighted by molar-refractivity contribution is -0.125. The van der Waals surface area contributed by atoms with Crippen molar-refractivity contribution >= 4 is 27.0 Å². The third kappa shape index (κ3) is 5.08. The van der Waals surface area contributed by atoms with Gasteiger partial charge in [-0.05, 0) is 25.0 Å². The smallest absolute Gasteiger partial charge is 0.243 e. The molecule has 0 bridgehead atoms. The van der Waals surface area contributed by atoms with Crippen molar-refractivity contribution in [2.75, 3.05) is 13.1 Å². The molecule has 0 saturated carbocycles. The molecule has 7 nitrogen and oxygen atoms in total. The molecule has 10 heteroatoms. The average molecular weight is 451 g/mol. The van der Waals surface area contributed by atoms with Crippen molar-refractivity contribution in [1.82, 2.24) is 19.6 Å². The summed E-state index contributed by atoms with van der Waals surface area (Å²) >= 11 is 0. The molecule has 1 heterocycles. The highest BCUT2D eigenvalue weighted by Gasteiger charge is 2.26. The van der Waals surface area contributed by atoms with Crippen LogP contribution in [-0.2, 0) is 14.8 Å². The van der Waals surface area contributed by atoms with Gasteiger partial charge in [-0.15, -0.1) is 0 Å². The molecule has 0 aliphatic heterocycles. The quantitative estimate of drug-likeness (QED) is 0.516. The first-order valence-electron chi connectivity index (χ1n) is 9.76. The van der Waals surface area contributed by atoms with Gasteiger partial charge >= 0.3 is 0 Å². The maximum Gasteiger partial charge on any atom is 0.243 e. The van der Waals surface area contributed by atoms with Gasteiger partial charge in [-0.3, -0.25) is 4.79 Å². The number of aryl methyl sites for hydroxylation is 1. The molecule has 1 atom stereocenters. The van der Waals surface area contributed by atoms with Gasteiger partial charge in [0, 0.05) is 25.2 Å². The molecule has 1 amide bonds. The normalized spacial score (nSPS) is 13.0. The Labute approximate surface area is 179 Å².